The number of amides is 1. The number of carboxylic acid groups (broad SMARTS) is 1. The van der Waals surface area contributed by atoms with Gasteiger partial charge in [0.15, 0.2) is 0 Å². The minimum atomic E-state index is -1.25. The second kappa shape index (κ2) is 5.18. The lowest BCUT2D eigenvalue weighted by atomic mass is 10.2. The summed E-state index contributed by atoms with van der Waals surface area (Å²) in [5.41, 5.74) is 0.678. The molecule has 0 saturated carbocycles. The number of benzene rings is 1. The average molecular weight is 244 g/mol. The monoisotopic (exact) mass is 244 g/mol. The molecule has 92 valence electrons. The minimum Gasteiger partial charge on any atom is -0.465 e. The summed E-state index contributed by atoms with van der Waals surface area (Å²) in [6.45, 7) is 0.412. The van der Waals surface area contributed by atoms with E-state index in [2.05, 4.69) is 5.32 Å². The van der Waals surface area contributed by atoms with Crippen LogP contribution in [-0.2, 0) is 6.54 Å². The Morgan fingerprint density at radius 3 is 2.56 bits per heavy atom. The number of aromatic nitrogens is 1. The van der Waals surface area contributed by atoms with E-state index in [0.717, 1.165) is 5.56 Å². The van der Waals surface area contributed by atoms with Gasteiger partial charge in [0.25, 0.3) is 5.56 Å². The van der Waals surface area contributed by atoms with Gasteiger partial charge in [0.1, 0.15) is 5.69 Å². The Morgan fingerprint density at radius 2 is 1.89 bits per heavy atom. The largest absolute Gasteiger partial charge is 0.465 e. The van der Waals surface area contributed by atoms with Gasteiger partial charge in [0.05, 0.1) is 6.54 Å². The van der Waals surface area contributed by atoms with Crippen LogP contribution in [0.2, 0.25) is 0 Å². The van der Waals surface area contributed by atoms with Gasteiger partial charge in [-0.1, -0.05) is 30.3 Å². The Balaban J connectivity index is 2.29. The lowest BCUT2D eigenvalue weighted by Gasteiger charge is -2.07. The van der Waals surface area contributed by atoms with Crippen molar-refractivity contribution in [3.8, 4) is 0 Å². The van der Waals surface area contributed by atoms with Gasteiger partial charge in [0, 0.05) is 6.20 Å². The highest BCUT2D eigenvalue weighted by atomic mass is 16.4. The summed E-state index contributed by atoms with van der Waals surface area (Å²) in [5.74, 6) is 0. The van der Waals surface area contributed by atoms with E-state index in [0.29, 0.717) is 6.54 Å². The highest BCUT2D eigenvalue weighted by Gasteiger charge is 2.05. The third-order valence-corrected chi connectivity index (χ3v) is 2.46. The predicted octanol–water partition coefficient (Wildman–Crippen LogP) is 1.99. The van der Waals surface area contributed by atoms with Crippen LogP contribution in [-0.4, -0.2) is 15.8 Å². The zero-order valence-corrected chi connectivity index (χ0v) is 9.54. The summed E-state index contributed by atoms with van der Waals surface area (Å²) in [5, 5.41) is 10.7. The maximum Gasteiger partial charge on any atom is 0.409 e. The number of nitrogens with zero attached hydrogens (tertiary/aromatic N) is 1. The number of nitrogens with one attached hydrogen (secondary N) is 1. The fourth-order valence-electron chi connectivity index (χ4n) is 1.65. The average Bonchev–Trinajstić information content (AvgIpc) is 2.35. The van der Waals surface area contributed by atoms with Crippen LogP contribution in [0.5, 0.6) is 0 Å². The van der Waals surface area contributed by atoms with Gasteiger partial charge in [-0.05, 0) is 17.7 Å². The molecule has 0 saturated heterocycles. The van der Waals surface area contributed by atoms with Gasteiger partial charge >= 0.3 is 6.09 Å². The molecule has 1 heterocycles. The van der Waals surface area contributed by atoms with Crippen LogP contribution in [0, 0.1) is 0 Å². The molecular weight excluding hydrogens is 232 g/mol. The van der Waals surface area contributed by atoms with Crippen molar-refractivity contribution in [3.05, 3.63) is 64.6 Å². The number of rotatable bonds is 3. The van der Waals surface area contributed by atoms with Crippen LogP contribution < -0.4 is 10.9 Å². The molecule has 0 radical (unpaired) electrons. The van der Waals surface area contributed by atoms with Gasteiger partial charge in [-0.25, -0.2) is 4.79 Å². The van der Waals surface area contributed by atoms with Crippen molar-refractivity contribution in [2.45, 2.75) is 6.54 Å². The fraction of sp³-hybridized carbons (Fsp3) is 0.0769. The molecule has 2 rings (SSSR count). The number of hydrogen-bond donors (Lipinski definition) is 2. The lowest BCUT2D eigenvalue weighted by molar-refractivity contribution is 0.209. The predicted molar refractivity (Wildman–Crippen MR) is 67.9 cm³/mol. The van der Waals surface area contributed by atoms with Crippen LogP contribution in [0.4, 0.5) is 10.5 Å². The first-order valence-corrected chi connectivity index (χ1v) is 5.40. The van der Waals surface area contributed by atoms with Crippen molar-refractivity contribution >= 4 is 11.8 Å². The lowest BCUT2D eigenvalue weighted by Crippen LogP contribution is -2.25. The molecular formula is C13H12N2O3. The van der Waals surface area contributed by atoms with E-state index >= 15 is 0 Å². The molecule has 0 bridgehead atoms. The molecule has 1 aromatic carbocycles. The molecule has 2 aromatic rings. The van der Waals surface area contributed by atoms with Crippen molar-refractivity contribution in [2.24, 2.45) is 0 Å². The van der Waals surface area contributed by atoms with Crippen molar-refractivity contribution in [2.75, 3.05) is 5.32 Å². The maximum absolute atomic E-state index is 11.9. The topological polar surface area (TPSA) is 71.3 Å². The van der Waals surface area contributed by atoms with E-state index in [9.17, 15) is 9.59 Å². The summed E-state index contributed by atoms with van der Waals surface area (Å²) < 4.78 is 1.46. The third-order valence-electron chi connectivity index (χ3n) is 2.46. The van der Waals surface area contributed by atoms with Gasteiger partial charge < -0.3 is 9.67 Å². The number of carbonyl (C=O) groups is 1. The molecule has 0 aliphatic rings. The second-order valence-corrected chi connectivity index (χ2v) is 3.77. The molecule has 0 unspecified atom stereocenters. The molecule has 18 heavy (non-hydrogen) atoms. The highest BCUT2D eigenvalue weighted by Crippen LogP contribution is 2.03. The SMILES string of the molecule is O=C(O)Nc1cccn(Cc2ccccc2)c1=O. The Hall–Kier alpha value is -2.56. The third kappa shape index (κ3) is 2.76. The molecule has 5 heteroatoms. The van der Waals surface area contributed by atoms with Gasteiger partial charge in [-0.15, -0.1) is 0 Å². The second-order valence-electron chi connectivity index (χ2n) is 3.77. The zero-order chi connectivity index (χ0) is 13.0. The van der Waals surface area contributed by atoms with Crippen LogP contribution in [0.3, 0.4) is 0 Å². The summed E-state index contributed by atoms with van der Waals surface area (Å²) in [4.78, 5) is 22.5. The van der Waals surface area contributed by atoms with E-state index in [1.165, 1.54) is 10.6 Å². The van der Waals surface area contributed by atoms with Crippen LogP contribution in [0.1, 0.15) is 5.56 Å². The molecule has 1 aromatic heterocycles. The number of pyridine rings is 1. The molecule has 0 spiro atoms. The van der Waals surface area contributed by atoms with Crippen molar-refractivity contribution < 1.29 is 9.90 Å². The molecule has 0 fully saturated rings. The fourth-order valence-corrected chi connectivity index (χ4v) is 1.65. The Bertz CT molecular complexity index is 605. The molecule has 0 aliphatic carbocycles. The first kappa shape index (κ1) is 11.9. The molecule has 0 atom stereocenters. The van der Waals surface area contributed by atoms with Crippen molar-refractivity contribution in [1.29, 1.82) is 0 Å². The smallest absolute Gasteiger partial charge is 0.409 e. The minimum absolute atomic E-state index is 0.0564. The molecule has 5 nitrogen and oxygen atoms in total. The van der Waals surface area contributed by atoms with Crippen LogP contribution >= 0.6 is 0 Å². The van der Waals surface area contributed by atoms with Crippen LogP contribution in [0.25, 0.3) is 0 Å². The van der Waals surface area contributed by atoms with Gasteiger partial charge in [0.2, 0.25) is 0 Å². The Labute approximate surface area is 103 Å². The van der Waals surface area contributed by atoms with Gasteiger partial charge in [-0.3, -0.25) is 10.1 Å². The Kier molecular flexibility index (Phi) is 3.43. The molecule has 2 N–H and O–H groups in total. The number of hydrogen-bond acceptors (Lipinski definition) is 2. The zero-order valence-electron chi connectivity index (χ0n) is 9.54. The van der Waals surface area contributed by atoms with E-state index in [-0.39, 0.29) is 11.2 Å². The van der Waals surface area contributed by atoms with Crippen molar-refractivity contribution in [1.82, 2.24) is 4.57 Å². The molecule has 0 aliphatic heterocycles. The normalized spacial score (nSPS) is 10.0. The number of anilines is 1. The first-order valence-electron chi connectivity index (χ1n) is 5.40. The van der Waals surface area contributed by atoms with E-state index in [1.54, 1.807) is 12.3 Å². The van der Waals surface area contributed by atoms with E-state index < -0.39 is 6.09 Å². The first-order chi connectivity index (χ1) is 8.66. The summed E-state index contributed by atoms with van der Waals surface area (Å²) in [6, 6.07) is 12.6. The maximum atomic E-state index is 11.9. The van der Waals surface area contributed by atoms with Gasteiger partial charge in [-0.2, -0.15) is 0 Å². The standard InChI is InChI=1S/C13H12N2O3/c16-12-11(14-13(17)18)7-4-8-15(12)9-10-5-2-1-3-6-10/h1-8,14H,9H2,(H,17,18). The highest BCUT2D eigenvalue weighted by molar-refractivity contribution is 5.82. The van der Waals surface area contributed by atoms with Crippen LogP contribution in [0.15, 0.2) is 53.5 Å². The summed E-state index contributed by atoms with van der Waals surface area (Å²) in [6.07, 6.45) is 0.382. The molecule has 1 amide bonds. The summed E-state index contributed by atoms with van der Waals surface area (Å²) in [7, 11) is 0. The van der Waals surface area contributed by atoms with E-state index in [4.69, 9.17) is 5.11 Å². The van der Waals surface area contributed by atoms with Crippen molar-refractivity contribution in [3.63, 3.8) is 0 Å². The van der Waals surface area contributed by atoms with E-state index in [1.807, 2.05) is 30.3 Å². The Morgan fingerprint density at radius 1 is 1.17 bits per heavy atom. The quantitative estimate of drug-likeness (QED) is 0.867. The summed E-state index contributed by atoms with van der Waals surface area (Å²) >= 11 is 0.